The Bertz CT molecular complexity index is 971. The van der Waals surface area contributed by atoms with Crippen LogP contribution in [0.2, 0.25) is 0 Å². The summed E-state index contributed by atoms with van der Waals surface area (Å²) in [4.78, 5) is 25.2. The summed E-state index contributed by atoms with van der Waals surface area (Å²) >= 11 is 0. The number of nitrogens with one attached hydrogen (secondary N) is 1. The molecular formula is C20H20N2O3. The molecule has 128 valence electrons. The van der Waals surface area contributed by atoms with Gasteiger partial charge < -0.3 is 15.0 Å². The van der Waals surface area contributed by atoms with Crippen LogP contribution >= 0.6 is 0 Å². The van der Waals surface area contributed by atoms with Crippen LogP contribution in [0.3, 0.4) is 0 Å². The number of aromatic nitrogens is 1. The van der Waals surface area contributed by atoms with Crippen molar-refractivity contribution in [1.82, 2.24) is 9.88 Å². The van der Waals surface area contributed by atoms with E-state index >= 15 is 0 Å². The van der Waals surface area contributed by atoms with E-state index in [1.54, 1.807) is 6.92 Å². The topological polar surface area (TPSA) is 71.3 Å². The summed E-state index contributed by atoms with van der Waals surface area (Å²) in [7, 11) is 0. The lowest BCUT2D eigenvalue weighted by Gasteiger charge is -2.45. The van der Waals surface area contributed by atoms with Crippen LogP contribution < -0.4 is 5.32 Å². The standard InChI is InChI=1S/C20H20N2O3/c1-11(23)12-8-13-10-20(9-12)17-15(6-7-21-19(20)25)14-4-2-3-5-16(14)22(17)18(13)24/h2-5,9,13,18,24H,6-8,10H2,1H3,(H,21,25)/t13-,18-,20+/m0/s1. The van der Waals surface area contributed by atoms with Crippen molar-refractivity contribution in [2.45, 2.75) is 37.8 Å². The number of aliphatic hydroxyl groups is 1. The van der Waals surface area contributed by atoms with Gasteiger partial charge in [-0.05, 0) is 43.4 Å². The second kappa shape index (κ2) is 4.82. The fourth-order valence-corrected chi connectivity index (χ4v) is 5.08. The van der Waals surface area contributed by atoms with E-state index in [0.29, 0.717) is 25.0 Å². The molecule has 0 saturated carbocycles. The van der Waals surface area contributed by atoms with E-state index in [9.17, 15) is 14.7 Å². The lowest BCUT2D eigenvalue weighted by molar-refractivity contribution is -0.128. The van der Waals surface area contributed by atoms with Gasteiger partial charge in [0, 0.05) is 23.5 Å². The van der Waals surface area contributed by atoms with Gasteiger partial charge >= 0.3 is 0 Å². The fourth-order valence-electron chi connectivity index (χ4n) is 5.08. The van der Waals surface area contributed by atoms with Crippen molar-refractivity contribution in [2.75, 3.05) is 6.54 Å². The molecule has 3 heterocycles. The Balaban J connectivity index is 1.94. The number of benzene rings is 1. The Labute approximate surface area is 145 Å². The first kappa shape index (κ1) is 14.9. The number of carbonyl (C=O) groups excluding carboxylic acids is 2. The van der Waals surface area contributed by atoms with Gasteiger partial charge in [0.25, 0.3) is 0 Å². The Morgan fingerprint density at radius 3 is 2.96 bits per heavy atom. The maximum absolute atomic E-state index is 13.1. The number of para-hydroxylation sites is 1. The minimum absolute atomic E-state index is 0.0144. The zero-order valence-corrected chi connectivity index (χ0v) is 14.1. The van der Waals surface area contributed by atoms with Crippen LogP contribution in [0.5, 0.6) is 0 Å². The molecule has 2 aliphatic heterocycles. The molecule has 0 unspecified atom stereocenters. The largest absolute Gasteiger partial charge is 0.373 e. The number of hydrogen-bond donors (Lipinski definition) is 2. The quantitative estimate of drug-likeness (QED) is 0.836. The lowest BCUT2D eigenvalue weighted by atomic mass is 9.65. The number of amides is 1. The highest BCUT2D eigenvalue weighted by molar-refractivity contribution is 6.00. The third-order valence-electron chi connectivity index (χ3n) is 6.13. The molecule has 1 aliphatic carbocycles. The van der Waals surface area contributed by atoms with E-state index in [1.807, 2.05) is 28.8 Å². The third-order valence-corrected chi connectivity index (χ3v) is 6.13. The fraction of sp³-hybridized carbons (Fsp3) is 0.400. The number of carbonyl (C=O) groups is 2. The van der Waals surface area contributed by atoms with E-state index in [0.717, 1.165) is 28.6 Å². The number of allylic oxidation sites excluding steroid dienone is 1. The van der Waals surface area contributed by atoms with Crippen LogP contribution in [0.25, 0.3) is 10.9 Å². The van der Waals surface area contributed by atoms with Crippen molar-refractivity contribution in [3.63, 3.8) is 0 Å². The van der Waals surface area contributed by atoms with Crippen molar-refractivity contribution in [3.05, 3.63) is 47.2 Å². The molecule has 3 atom stereocenters. The summed E-state index contributed by atoms with van der Waals surface area (Å²) in [6, 6.07) is 8.03. The van der Waals surface area contributed by atoms with Crippen LogP contribution in [0, 0.1) is 5.92 Å². The first-order valence-corrected chi connectivity index (χ1v) is 8.84. The normalized spacial score (nSPS) is 30.3. The summed E-state index contributed by atoms with van der Waals surface area (Å²) < 4.78 is 1.96. The molecule has 3 aliphatic rings. The van der Waals surface area contributed by atoms with Gasteiger partial charge in [-0.25, -0.2) is 0 Å². The first-order valence-electron chi connectivity index (χ1n) is 8.84. The Hall–Kier alpha value is -2.40. The number of nitrogens with zero attached hydrogens (tertiary/aromatic N) is 1. The molecule has 1 amide bonds. The van der Waals surface area contributed by atoms with Gasteiger partial charge in [-0.1, -0.05) is 24.3 Å². The predicted octanol–water partition coefficient (Wildman–Crippen LogP) is 1.98. The number of fused-ring (bicyclic) bond motifs is 4. The minimum atomic E-state index is -0.853. The van der Waals surface area contributed by atoms with Gasteiger partial charge in [0.15, 0.2) is 5.78 Å². The van der Waals surface area contributed by atoms with Crippen molar-refractivity contribution in [3.8, 4) is 0 Å². The molecule has 25 heavy (non-hydrogen) atoms. The number of rotatable bonds is 1. The van der Waals surface area contributed by atoms with Crippen LogP contribution in [0.4, 0.5) is 0 Å². The van der Waals surface area contributed by atoms with Gasteiger partial charge in [-0.3, -0.25) is 9.59 Å². The maximum Gasteiger partial charge on any atom is 0.236 e. The monoisotopic (exact) mass is 336 g/mol. The van der Waals surface area contributed by atoms with Crippen molar-refractivity contribution >= 4 is 22.6 Å². The third kappa shape index (κ3) is 1.76. The highest BCUT2D eigenvalue weighted by Crippen LogP contribution is 2.53. The molecule has 1 aromatic carbocycles. The summed E-state index contributed by atoms with van der Waals surface area (Å²) in [6.45, 7) is 2.12. The van der Waals surface area contributed by atoms with Crippen LogP contribution in [0.1, 0.15) is 37.3 Å². The van der Waals surface area contributed by atoms with E-state index < -0.39 is 11.6 Å². The highest BCUT2D eigenvalue weighted by Gasteiger charge is 2.54. The molecule has 5 nitrogen and oxygen atoms in total. The van der Waals surface area contributed by atoms with E-state index in [4.69, 9.17) is 0 Å². The molecule has 0 radical (unpaired) electrons. The molecule has 2 N–H and O–H groups in total. The lowest BCUT2D eigenvalue weighted by Crippen LogP contribution is -2.51. The zero-order chi connectivity index (χ0) is 17.3. The van der Waals surface area contributed by atoms with E-state index in [2.05, 4.69) is 11.4 Å². The molecule has 0 fully saturated rings. The van der Waals surface area contributed by atoms with Crippen LogP contribution in [-0.2, 0) is 21.4 Å². The Morgan fingerprint density at radius 2 is 2.16 bits per heavy atom. The highest BCUT2D eigenvalue weighted by atomic mass is 16.3. The van der Waals surface area contributed by atoms with E-state index in [1.165, 1.54) is 0 Å². The first-order chi connectivity index (χ1) is 12.0. The number of Topliss-reactive ketones (excluding diaryl/α,β-unsaturated/α-hetero) is 1. The predicted molar refractivity (Wildman–Crippen MR) is 93.1 cm³/mol. The second-order valence-corrected chi connectivity index (χ2v) is 7.50. The van der Waals surface area contributed by atoms with Crippen LogP contribution in [-0.4, -0.2) is 27.9 Å². The average molecular weight is 336 g/mol. The minimum Gasteiger partial charge on any atom is -0.373 e. The van der Waals surface area contributed by atoms with Gasteiger partial charge in [-0.15, -0.1) is 0 Å². The van der Waals surface area contributed by atoms with E-state index in [-0.39, 0.29) is 17.6 Å². The maximum atomic E-state index is 13.1. The van der Waals surface area contributed by atoms with Gasteiger partial charge in [-0.2, -0.15) is 0 Å². The Kier molecular flexibility index (Phi) is 2.87. The molecule has 5 heteroatoms. The molecule has 1 spiro atoms. The molecule has 2 bridgehead atoms. The molecular weight excluding hydrogens is 316 g/mol. The molecule has 2 aromatic rings. The zero-order valence-electron chi connectivity index (χ0n) is 14.1. The molecule has 1 aromatic heterocycles. The smallest absolute Gasteiger partial charge is 0.236 e. The summed E-state index contributed by atoms with van der Waals surface area (Å²) in [5.41, 5.74) is 2.78. The van der Waals surface area contributed by atoms with Crippen molar-refractivity contribution < 1.29 is 14.7 Å². The Morgan fingerprint density at radius 1 is 1.36 bits per heavy atom. The number of hydrogen-bond acceptors (Lipinski definition) is 3. The summed E-state index contributed by atoms with van der Waals surface area (Å²) in [6.07, 6.45) is 2.98. The van der Waals surface area contributed by atoms with Crippen molar-refractivity contribution in [2.24, 2.45) is 5.92 Å². The van der Waals surface area contributed by atoms with Gasteiger partial charge in [0.2, 0.25) is 5.91 Å². The molecule has 0 saturated heterocycles. The summed E-state index contributed by atoms with van der Waals surface area (Å²) in [5, 5.41) is 15.2. The van der Waals surface area contributed by atoms with Crippen molar-refractivity contribution in [1.29, 1.82) is 0 Å². The number of aliphatic hydroxyl groups excluding tert-OH is 1. The average Bonchev–Trinajstić information content (AvgIpc) is 2.88. The molecule has 5 rings (SSSR count). The van der Waals surface area contributed by atoms with Crippen LogP contribution in [0.15, 0.2) is 35.9 Å². The summed E-state index contributed by atoms with van der Waals surface area (Å²) in [5.74, 6) is -0.200. The SMILES string of the molecule is CC(=O)C1=C[C@@]23C[C@H](C1)[C@H](O)n1c2c(c2ccccc21)CCNC3=O. The second-order valence-electron chi connectivity index (χ2n) is 7.50. The van der Waals surface area contributed by atoms with Gasteiger partial charge in [0.05, 0.1) is 5.52 Å². The van der Waals surface area contributed by atoms with Gasteiger partial charge in [0.1, 0.15) is 11.6 Å². The number of ketones is 1.